The lowest BCUT2D eigenvalue weighted by atomic mass is 10.1. The Morgan fingerprint density at radius 1 is 1.16 bits per heavy atom. The molecule has 0 atom stereocenters. The highest BCUT2D eigenvalue weighted by Gasteiger charge is 2.20. The van der Waals surface area contributed by atoms with Crippen LogP contribution in [0.2, 0.25) is 0 Å². The second-order valence-corrected chi connectivity index (χ2v) is 4.31. The van der Waals surface area contributed by atoms with Gasteiger partial charge >= 0.3 is 5.63 Å². The fraction of sp³-hybridized carbons (Fsp3) is 0.308. The van der Waals surface area contributed by atoms with Crippen molar-refractivity contribution in [2.24, 2.45) is 0 Å². The number of halogens is 1. The molecule has 1 aromatic carbocycles. The van der Waals surface area contributed by atoms with E-state index >= 15 is 0 Å². The van der Waals surface area contributed by atoms with Crippen LogP contribution in [0.3, 0.4) is 0 Å². The third-order valence-corrected chi connectivity index (χ3v) is 3.43. The van der Waals surface area contributed by atoms with E-state index in [4.69, 9.17) is 18.6 Å². The highest BCUT2D eigenvalue weighted by atomic mass is 79.9. The van der Waals surface area contributed by atoms with Crippen LogP contribution < -0.4 is 19.8 Å². The molecular weight excluding hydrogens is 316 g/mol. The molecule has 0 amide bonds. The van der Waals surface area contributed by atoms with Crippen LogP contribution in [0.5, 0.6) is 17.2 Å². The number of fused-ring (bicyclic) bond motifs is 1. The molecule has 0 spiro atoms. The Hall–Kier alpha value is -1.69. The summed E-state index contributed by atoms with van der Waals surface area (Å²) < 4.78 is 20.9. The van der Waals surface area contributed by atoms with Gasteiger partial charge in [-0.25, -0.2) is 4.79 Å². The van der Waals surface area contributed by atoms with Gasteiger partial charge in [0, 0.05) is 16.3 Å². The maximum atomic E-state index is 11.8. The van der Waals surface area contributed by atoms with E-state index in [2.05, 4.69) is 15.9 Å². The largest absolute Gasteiger partial charge is 0.493 e. The Balaban J connectivity index is 3.01. The van der Waals surface area contributed by atoms with E-state index in [1.54, 1.807) is 6.07 Å². The number of ether oxygens (including phenoxy) is 3. The lowest BCUT2D eigenvalue weighted by Gasteiger charge is -2.15. The predicted molar refractivity (Wildman–Crippen MR) is 74.8 cm³/mol. The van der Waals surface area contributed by atoms with Gasteiger partial charge in [-0.15, -0.1) is 0 Å². The lowest BCUT2D eigenvalue weighted by molar-refractivity contribution is 0.327. The molecule has 0 aliphatic rings. The van der Waals surface area contributed by atoms with Gasteiger partial charge in [0.25, 0.3) is 0 Å². The summed E-state index contributed by atoms with van der Waals surface area (Å²) in [5.41, 5.74) is 0.353. The zero-order valence-electron chi connectivity index (χ0n) is 10.8. The SMILES string of the molecule is COc1cc2c(=O)occ(CBr)c2c(OC)c1OC. The molecule has 2 aromatic rings. The van der Waals surface area contributed by atoms with Crippen molar-refractivity contribution >= 4 is 26.7 Å². The van der Waals surface area contributed by atoms with Crippen LogP contribution >= 0.6 is 15.9 Å². The molecule has 0 saturated carbocycles. The van der Waals surface area contributed by atoms with E-state index in [-0.39, 0.29) is 0 Å². The fourth-order valence-electron chi connectivity index (χ4n) is 1.98. The van der Waals surface area contributed by atoms with Gasteiger partial charge in [0.1, 0.15) is 0 Å². The third-order valence-electron chi connectivity index (χ3n) is 2.82. The van der Waals surface area contributed by atoms with Crippen LogP contribution in [0.15, 0.2) is 21.5 Å². The molecule has 1 heterocycles. The first-order valence-corrected chi connectivity index (χ1v) is 6.59. The van der Waals surface area contributed by atoms with Crippen LogP contribution in [0.4, 0.5) is 0 Å². The van der Waals surface area contributed by atoms with Gasteiger partial charge in [0.2, 0.25) is 5.75 Å². The van der Waals surface area contributed by atoms with Crippen molar-refractivity contribution in [3.8, 4) is 17.2 Å². The maximum Gasteiger partial charge on any atom is 0.343 e. The molecule has 2 rings (SSSR count). The molecule has 102 valence electrons. The molecule has 0 fully saturated rings. The van der Waals surface area contributed by atoms with E-state index in [0.29, 0.717) is 33.4 Å². The van der Waals surface area contributed by atoms with E-state index in [0.717, 1.165) is 5.56 Å². The molecular formula is C13H13BrO5. The third kappa shape index (κ3) is 2.16. The summed E-state index contributed by atoms with van der Waals surface area (Å²) in [5, 5.41) is 1.58. The van der Waals surface area contributed by atoms with Crippen LogP contribution in [0.1, 0.15) is 5.56 Å². The summed E-state index contributed by atoms with van der Waals surface area (Å²) in [6.07, 6.45) is 1.41. The molecule has 0 saturated heterocycles. The van der Waals surface area contributed by atoms with Crippen LogP contribution in [-0.2, 0) is 5.33 Å². The van der Waals surface area contributed by atoms with Crippen molar-refractivity contribution in [3.05, 3.63) is 28.3 Å². The summed E-state index contributed by atoms with van der Waals surface area (Å²) in [4.78, 5) is 11.8. The Kier molecular flexibility index (Phi) is 3.99. The first-order chi connectivity index (χ1) is 9.17. The first-order valence-electron chi connectivity index (χ1n) is 5.47. The Morgan fingerprint density at radius 3 is 2.37 bits per heavy atom. The summed E-state index contributed by atoms with van der Waals surface area (Å²) in [5.74, 6) is 1.33. The van der Waals surface area contributed by atoms with E-state index in [1.165, 1.54) is 27.6 Å². The smallest absolute Gasteiger partial charge is 0.343 e. The number of rotatable bonds is 4. The van der Waals surface area contributed by atoms with Crippen LogP contribution in [0.25, 0.3) is 10.8 Å². The number of alkyl halides is 1. The van der Waals surface area contributed by atoms with Gasteiger partial charge in [-0.3, -0.25) is 0 Å². The summed E-state index contributed by atoms with van der Waals surface area (Å²) >= 11 is 3.36. The van der Waals surface area contributed by atoms with Gasteiger partial charge in [-0.05, 0) is 6.07 Å². The molecule has 0 bridgehead atoms. The molecule has 1 aromatic heterocycles. The average molecular weight is 329 g/mol. The second-order valence-electron chi connectivity index (χ2n) is 3.75. The molecule has 0 aliphatic carbocycles. The molecule has 0 aliphatic heterocycles. The van der Waals surface area contributed by atoms with Gasteiger partial charge in [0.05, 0.1) is 33.0 Å². The van der Waals surface area contributed by atoms with Crippen molar-refractivity contribution in [2.45, 2.75) is 5.33 Å². The van der Waals surface area contributed by atoms with Gasteiger partial charge < -0.3 is 18.6 Å². The van der Waals surface area contributed by atoms with Gasteiger partial charge in [-0.1, -0.05) is 15.9 Å². The molecule has 5 nitrogen and oxygen atoms in total. The zero-order chi connectivity index (χ0) is 14.0. The Morgan fingerprint density at radius 2 is 1.84 bits per heavy atom. The number of hydrogen-bond acceptors (Lipinski definition) is 5. The number of hydrogen-bond donors (Lipinski definition) is 0. The summed E-state index contributed by atoms with van der Waals surface area (Å²) in [6, 6.07) is 1.59. The van der Waals surface area contributed by atoms with E-state index < -0.39 is 5.63 Å². The topological polar surface area (TPSA) is 57.9 Å². The number of benzene rings is 1. The monoisotopic (exact) mass is 328 g/mol. The minimum atomic E-state index is -0.445. The quantitative estimate of drug-likeness (QED) is 0.807. The molecule has 19 heavy (non-hydrogen) atoms. The van der Waals surface area contributed by atoms with E-state index in [1.807, 2.05) is 0 Å². The molecule has 6 heteroatoms. The van der Waals surface area contributed by atoms with Crippen molar-refractivity contribution in [2.75, 3.05) is 21.3 Å². The second kappa shape index (κ2) is 5.52. The van der Waals surface area contributed by atoms with Gasteiger partial charge in [-0.2, -0.15) is 0 Å². The number of methoxy groups -OCH3 is 3. The minimum absolute atomic E-state index is 0.395. The highest BCUT2D eigenvalue weighted by molar-refractivity contribution is 9.08. The lowest BCUT2D eigenvalue weighted by Crippen LogP contribution is -2.04. The maximum absolute atomic E-state index is 11.8. The Labute approximate surface area is 118 Å². The normalized spacial score (nSPS) is 10.5. The van der Waals surface area contributed by atoms with Crippen molar-refractivity contribution in [3.63, 3.8) is 0 Å². The van der Waals surface area contributed by atoms with Crippen LogP contribution in [-0.4, -0.2) is 21.3 Å². The van der Waals surface area contributed by atoms with Crippen molar-refractivity contribution in [1.82, 2.24) is 0 Å². The molecule has 0 radical (unpaired) electrons. The minimum Gasteiger partial charge on any atom is -0.493 e. The van der Waals surface area contributed by atoms with Crippen molar-refractivity contribution in [1.29, 1.82) is 0 Å². The predicted octanol–water partition coefficient (Wildman–Crippen LogP) is 2.71. The standard InChI is InChI=1S/C13H13BrO5/c1-16-9-4-8-10(12(18-3)11(9)17-2)7(5-14)6-19-13(8)15/h4,6H,5H2,1-3H3. The highest BCUT2D eigenvalue weighted by Crippen LogP contribution is 2.43. The van der Waals surface area contributed by atoms with E-state index in [9.17, 15) is 4.79 Å². The molecule has 0 unspecified atom stereocenters. The summed E-state index contributed by atoms with van der Waals surface area (Å²) in [7, 11) is 4.54. The zero-order valence-corrected chi connectivity index (χ0v) is 12.4. The fourth-order valence-corrected chi connectivity index (χ4v) is 2.39. The average Bonchev–Trinajstić information content (AvgIpc) is 2.45. The first kappa shape index (κ1) is 13.7. The van der Waals surface area contributed by atoms with Crippen LogP contribution in [0, 0.1) is 0 Å². The van der Waals surface area contributed by atoms with Crippen molar-refractivity contribution < 1.29 is 18.6 Å². The Bertz CT molecular complexity index is 662. The molecule has 0 N–H and O–H groups in total. The van der Waals surface area contributed by atoms with Gasteiger partial charge in [0.15, 0.2) is 11.5 Å². The summed E-state index contributed by atoms with van der Waals surface area (Å²) in [6.45, 7) is 0.